The van der Waals surface area contributed by atoms with Crippen LogP contribution in [0.15, 0.2) is 148 Å². The number of hydrogen-bond donors (Lipinski definition) is 0. The number of hydrogen-bond acceptors (Lipinski definition) is 3. The van der Waals surface area contributed by atoms with Gasteiger partial charge < -0.3 is 8.83 Å². The lowest BCUT2D eigenvalue weighted by Gasteiger charge is -2.24. The standard InChI is InChI=1S/C50H40N2O2/c1-29(2)40-26-35(34-21-23-37-36-16-9-10-20-44(36)53-46(37)28-34)27-41(30(3)4)48(40)52-47-31(5)13-11-19-43(47)51-50(52)39-18-12-17-38-42-25-33(32-14-7-6-8-15-32)22-24-45(42)54-49(38)39/h6-30H,1-5H3/i5D3. The summed E-state index contributed by atoms with van der Waals surface area (Å²) in [7, 11) is 0. The monoisotopic (exact) mass is 703 g/mol. The van der Waals surface area contributed by atoms with Gasteiger partial charge in [-0.1, -0.05) is 113 Å². The van der Waals surface area contributed by atoms with Gasteiger partial charge in [-0.2, -0.15) is 0 Å². The highest BCUT2D eigenvalue weighted by Crippen LogP contribution is 2.44. The van der Waals surface area contributed by atoms with Crippen molar-refractivity contribution in [2.45, 2.75) is 46.4 Å². The zero-order chi connectivity index (χ0) is 39.2. The van der Waals surface area contributed by atoms with Crippen molar-refractivity contribution in [3.63, 3.8) is 0 Å². The Labute approximate surface area is 318 Å². The molecule has 10 aromatic rings. The first-order valence-corrected chi connectivity index (χ1v) is 18.7. The predicted molar refractivity (Wildman–Crippen MR) is 225 cm³/mol. The van der Waals surface area contributed by atoms with Gasteiger partial charge in [-0.05, 0) is 112 Å². The molecule has 0 saturated carbocycles. The smallest absolute Gasteiger partial charge is 0.149 e. The van der Waals surface area contributed by atoms with Crippen molar-refractivity contribution in [2.75, 3.05) is 0 Å². The summed E-state index contributed by atoms with van der Waals surface area (Å²) in [5.41, 5.74) is 12.9. The molecule has 0 saturated heterocycles. The van der Waals surface area contributed by atoms with Crippen LogP contribution in [0.5, 0.6) is 0 Å². The Balaban J connectivity index is 1.26. The molecule has 262 valence electrons. The number of nitrogens with zero attached hydrogens (tertiary/aromatic N) is 2. The fraction of sp³-hybridized carbons (Fsp3) is 0.140. The van der Waals surface area contributed by atoms with Crippen molar-refractivity contribution >= 4 is 54.9 Å². The van der Waals surface area contributed by atoms with Gasteiger partial charge in [0.2, 0.25) is 0 Å². The van der Waals surface area contributed by atoms with E-state index in [-0.39, 0.29) is 17.4 Å². The molecule has 4 heteroatoms. The Bertz CT molecular complexity index is 3150. The van der Waals surface area contributed by atoms with Crippen LogP contribution >= 0.6 is 0 Å². The van der Waals surface area contributed by atoms with Gasteiger partial charge in [0.1, 0.15) is 28.2 Å². The number of aromatic nitrogens is 2. The molecule has 0 aliphatic carbocycles. The third kappa shape index (κ3) is 5.01. The molecule has 0 aliphatic rings. The van der Waals surface area contributed by atoms with Crippen LogP contribution in [0.4, 0.5) is 0 Å². The normalized spacial score (nSPS) is 13.2. The van der Waals surface area contributed by atoms with Gasteiger partial charge in [0.05, 0.1) is 22.3 Å². The first kappa shape index (κ1) is 29.1. The lowest BCUT2D eigenvalue weighted by molar-refractivity contribution is 0.669. The molecule has 0 unspecified atom stereocenters. The summed E-state index contributed by atoms with van der Waals surface area (Å²) < 4.78 is 41.3. The van der Waals surface area contributed by atoms with E-state index < -0.39 is 6.85 Å². The molecular formula is C50H40N2O2. The lowest BCUT2D eigenvalue weighted by Crippen LogP contribution is -2.10. The molecule has 0 radical (unpaired) electrons. The largest absolute Gasteiger partial charge is 0.456 e. The molecule has 10 rings (SSSR count). The van der Waals surface area contributed by atoms with Gasteiger partial charge in [-0.15, -0.1) is 0 Å². The number of fused-ring (bicyclic) bond motifs is 7. The molecule has 0 amide bonds. The van der Waals surface area contributed by atoms with E-state index in [9.17, 15) is 0 Å². The highest BCUT2D eigenvalue weighted by molar-refractivity contribution is 6.11. The number of rotatable bonds is 6. The molecule has 0 spiro atoms. The highest BCUT2D eigenvalue weighted by atomic mass is 16.3. The second-order valence-electron chi connectivity index (χ2n) is 14.9. The summed E-state index contributed by atoms with van der Waals surface area (Å²) in [5, 5.41) is 4.16. The van der Waals surface area contributed by atoms with Crippen molar-refractivity contribution in [3.05, 3.63) is 156 Å². The average molecular weight is 704 g/mol. The lowest BCUT2D eigenvalue weighted by atomic mass is 9.87. The molecular weight excluding hydrogens is 661 g/mol. The average Bonchev–Trinajstić information content (AvgIpc) is 3.91. The summed E-state index contributed by atoms with van der Waals surface area (Å²) in [6.07, 6.45) is 0. The first-order chi connectivity index (χ1) is 27.5. The topological polar surface area (TPSA) is 44.1 Å². The highest BCUT2D eigenvalue weighted by Gasteiger charge is 2.26. The number of benzene rings is 7. The minimum absolute atomic E-state index is 0.0796. The van der Waals surface area contributed by atoms with E-state index in [1.807, 2.05) is 60.7 Å². The van der Waals surface area contributed by atoms with Crippen LogP contribution in [0, 0.1) is 6.85 Å². The van der Waals surface area contributed by atoms with Gasteiger partial charge in [0.15, 0.2) is 0 Å². The fourth-order valence-electron chi connectivity index (χ4n) is 8.20. The maximum absolute atomic E-state index is 8.72. The molecule has 0 aliphatic heterocycles. The van der Waals surface area contributed by atoms with Crippen LogP contribution in [0.25, 0.3) is 94.2 Å². The van der Waals surface area contributed by atoms with E-state index in [0.717, 1.165) is 82.9 Å². The van der Waals surface area contributed by atoms with Crippen LogP contribution in [-0.4, -0.2) is 9.55 Å². The Hall–Kier alpha value is -6.39. The van der Waals surface area contributed by atoms with E-state index >= 15 is 0 Å². The molecule has 3 heterocycles. The molecule has 0 fully saturated rings. The maximum Gasteiger partial charge on any atom is 0.149 e. The van der Waals surface area contributed by atoms with E-state index in [1.54, 1.807) is 12.1 Å². The van der Waals surface area contributed by atoms with E-state index in [2.05, 4.69) is 99.0 Å². The zero-order valence-electron chi connectivity index (χ0n) is 33.6. The predicted octanol–water partition coefficient (Wildman–Crippen LogP) is 14.4. The minimum Gasteiger partial charge on any atom is -0.456 e. The quantitative estimate of drug-likeness (QED) is 0.173. The Kier molecular flexibility index (Phi) is 6.66. The summed E-state index contributed by atoms with van der Waals surface area (Å²) in [6, 6.07) is 47.4. The molecule has 3 aromatic heterocycles. The van der Waals surface area contributed by atoms with Crippen LogP contribution < -0.4 is 0 Å². The summed E-state index contributed by atoms with van der Waals surface area (Å²) in [6.45, 7) is 6.41. The molecule has 54 heavy (non-hydrogen) atoms. The second kappa shape index (κ2) is 12.3. The molecule has 0 bridgehead atoms. The molecule has 0 N–H and O–H groups in total. The van der Waals surface area contributed by atoms with Crippen molar-refractivity contribution in [1.82, 2.24) is 9.55 Å². The van der Waals surface area contributed by atoms with Crippen molar-refractivity contribution < 1.29 is 12.9 Å². The van der Waals surface area contributed by atoms with Crippen molar-refractivity contribution in [1.29, 1.82) is 0 Å². The number of imidazole rings is 1. The van der Waals surface area contributed by atoms with Gasteiger partial charge in [0.25, 0.3) is 0 Å². The van der Waals surface area contributed by atoms with E-state index in [0.29, 0.717) is 22.4 Å². The minimum atomic E-state index is -2.38. The van der Waals surface area contributed by atoms with Crippen LogP contribution in [-0.2, 0) is 0 Å². The van der Waals surface area contributed by atoms with Gasteiger partial charge in [-0.25, -0.2) is 4.98 Å². The zero-order valence-corrected chi connectivity index (χ0v) is 30.6. The molecule has 4 nitrogen and oxygen atoms in total. The Morgan fingerprint density at radius 2 is 1.22 bits per heavy atom. The van der Waals surface area contributed by atoms with Gasteiger partial charge in [0, 0.05) is 25.7 Å². The number of aryl methyl sites for hydroxylation is 1. The van der Waals surface area contributed by atoms with Crippen LogP contribution in [0.2, 0.25) is 0 Å². The SMILES string of the molecule is [2H]C([2H])([2H])c1cccc2nc(-c3cccc4c3oc3ccc(-c5ccccc5)cc34)n(-c3c(C(C)C)cc(-c4ccc5c(c4)oc4ccccc45)cc3C(C)C)c12. The first-order valence-electron chi connectivity index (χ1n) is 20.2. The third-order valence-corrected chi connectivity index (χ3v) is 10.9. The van der Waals surface area contributed by atoms with Gasteiger partial charge in [-0.3, -0.25) is 4.57 Å². The summed E-state index contributed by atoms with van der Waals surface area (Å²) in [5.74, 6) is 0.793. The van der Waals surface area contributed by atoms with Crippen molar-refractivity contribution in [2.24, 2.45) is 0 Å². The Morgan fingerprint density at radius 3 is 2.02 bits per heavy atom. The third-order valence-electron chi connectivity index (χ3n) is 10.9. The summed E-state index contributed by atoms with van der Waals surface area (Å²) in [4.78, 5) is 5.30. The number of para-hydroxylation sites is 3. The Morgan fingerprint density at radius 1 is 0.537 bits per heavy atom. The van der Waals surface area contributed by atoms with Crippen molar-refractivity contribution in [3.8, 4) is 39.3 Å². The van der Waals surface area contributed by atoms with E-state index in [4.69, 9.17) is 17.9 Å². The molecule has 7 aromatic carbocycles. The van der Waals surface area contributed by atoms with Crippen LogP contribution in [0.3, 0.4) is 0 Å². The molecule has 0 atom stereocenters. The van der Waals surface area contributed by atoms with Crippen LogP contribution in [0.1, 0.15) is 60.3 Å². The number of furan rings is 2. The maximum atomic E-state index is 8.72. The summed E-state index contributed by atoms with van der Waals surface area (Å²) >= 11 is 0. The second-order valence-corrected chi connectivity index (χ2v) is 14.9. The fourth-order valence-corrected chi connectivity index (χ4v) is 8.20. The van der Waals surface area contributed by atoms with Gasteiger partial charge >= 0.3 is 0 Å². The van der Waals surface area contributed by atoms with E-state index in [1.165, 1.54) is 0 Å².